The van der Waals surface area contributed by atoms with E-state index >= 15 is 0 Å². The van der Waals surface area contributed by atoms with Gasteiger partial charge in [0, 0.05) is 43.2 Å². The van der Waals surface area contributed by atoms with Gasteiger partial charge < -0.3 is 0 Å². The fraction of sp³-hybridized carbons (Fsp3) is 0.316. The van der Waals surface area contributed by atoms with Crippen molar-refractivity contribution in [3.63, 3.8) is 0 Å². The number of nitrogens with zero attached hydrogens (tertiary/aromatic N) is 2. The van der Waals surface area contributed by atoms with E-state index in [1.54, 1.807) is 6.20 Å². The molecule has 0 unspecified atom stereocenters. The molecule has 0 radical (unpaired) electrons. The fourth-order valence-corrected chi connectivity index (χ4v) is 2.96. The van der Waals surface area contributed by atoms with Crippen LogP contribution >= 0.6 is 0 Å². The highest BCUT2D eigenvalue weighted by Gasteiger charge is 2.20. The van der Waals surface area contributed by atoms with Crippen LogP contribution in [0.5, 0.6) is 0 Å². The molecule has 0 saturated carbocycles. The maximum Gasteiger partial charge on any atom is 0.164 e. The first kappa shape index (κ1) is 16.7. The van der Waals surface area contributed by atoms with Crippen LogP contribution in [0.3, 0.4) is 0 Å². The van der Waals surface area contributed by atoms with E-state index < -0.39 is 17.5 Å². The standard InChI is InChI=1S/C19H19F3N2/c1-13-18(21)16(11-17(20)19(13)22)15-5-9-24(10-6-15)8-4-14-3-2-7-23-12-14/h2-3,5,7,11-12H,4,6,8-10H2,1H3. The second kappa shape index (κ2) is 7.18. The lowest BCUT2D eigenvalue weighted by Gasteiger charge is -2.26. The first-order valence-corrected chi connectivity index (χ1v) is 8.01. The highest BCUT2D eigenvalue weighted by Crippen LogP contribution is 2.29. The predicted octanol–water partition coefficient (Wildman–Crippen LogP) is 4.14. The van der Waals surface area contributed by atoms with E-state index in [0.29, 0.717) is 13.0 Å². The van der Waals surface area contributed by atoms with Crippen molar-refractivity contribution >= 4 is 5.57 Å². The first-order chi connectivity index (χ1) is 11.6. The van der Waals surface area contributed by atoms with Crippen molar-refractivity contribution in [3.05, 3.63) is 70.8 Å². The van der Waals surface area contributed by atoms with Gasteiger partial charge in [-0.15, -0.1) is 0 Å². The Kier molecular flexibility index (Phi) is 5.00. The number of rotatable bonds is 4. The summed E-state index contributed by atoms with van der Waals surface area (Å²) in [5.74, 6) is -2.77. The largest absolute Gasteiger partial charge is 0.299 e. The second-order valence-corrected chi connectivity index (χ2v) is 6.05. The van der Waals surface area contributed by atoms with Crippen LogP contribution in [0.2, 0.25) is 0 Å². The summed E-state index contributed by atoms with van der Waals surface area (Å²) in [4.78, 5) is 6.35. The number of hydrogen-bond donors (Lipinski definition) is 0. The maximum atomic E-state index is 14.2. The molecule has 3 rings (SSSR count). The molecule has 0 fully saturated rings. The van der Waals surface area contributed by atoms with Crippen molar-refractivity contribution in [2.75, 3.05) is 19.6 Å². The van der Waals surface area contributed by atoms with Crippen LogP contribution in [0.4, 0.5) is 13.2 Å². The van der Waals surface area contributed by atoms with E-state index in [4.69, 9.17) is 0 Å². The molecule has 0 spiro atoms. The molecule has 0 atom stereocenters. The molecule has 1 aromatic carbocycles. The van der Waals surface area contributed by atoms with Crippen LogP contribution in [0.1, 0.15) is 23.1 Å². The number of benzene rings is 1. The molecule has 0 aliphatic carbocycles. The van der Waals surface area contributed by atoms with Gasteiger partial charge in [-0.25, -0.2) is 13.2 Å². The molecule has 0 N–H and O–H groups in total. The molecule has 0 amide bonds. The molecule has 1 aliphatic heterocycles. The Balaban J connectivity index is 1.68. The molecule has 2 nitrogen and oxygen atoms in total. The van der Waals surface area contributed by atoms with Gasteiger partial charge >= 0.3 is 0 Å². The minimum absolute atomic E-state index is 0.179. The van der Waals surface area contributed by atoms with Crippen molar-refractivity contribution in [2.24, 2.45) is 0 Å². The van der Waals surface area contributed by atoms with Crippen molar-refractivity contribution < 1.29 is 13.2 Å². The van der Waals surface area contributed by atoms with E-state index in [9.17, 15) is 13.2 Å². The summed E-state index contributed by atoms with van der Waals surface area (Å²) in [5.41, 5.74) is 1.84. The zero-order valence-electron chi connectivity index (χ0n) is 13.5. The van der Waals surface area contributed by atoms with Crippen LogP contribution < -0.4 is 0 Å². The van der Waals surface area contributed by atoms with Gasteiger partial charge in [0.1, 0.15) is 5.82 Å². The molecule has 2 aromatic rings. The average molecular weight is 332 g/mol. The Morgan fingerprint density at radius 1 is 1.21 bits per heavy atom. The summed E-state index contributed by atoms with van der Waals surface area (Å²) in [6.07, 6.45) is 7.02. The van der Waals surface area contributed by atoms with Crippen LogP contribution in [-0.4, -0.2) is 29.5 Å². The summed E-state index contributed by atoms with van der Waals surface area (Å²) < 4.78 is 41.2. The third-order valence-corrected chi connectivity index (χ3v) is 4.45. The van der Waals surface area contributed by atoms with Gasteiger partial charge in [0.05, 0.1) is 0 Å². The molecule has 24 heavy (non-hydrogen) atoms. The average Bonchev–Trinajstić information content (AvgIpc) is 2.62. The van der Waals surface area contributed by atoms with E-state index in [1.807, 2.05) is 24.4 Å². The topological polar surface area (TPSA) is 16.1 Å². The van der Waals surface area contributed by atoms with Gasteiger partial charge in [-0.3, -0.25) is 9.88 Å². The van der Waals surface area contributed by atoms with Crippen LogP contribution in [0.25, 0.3) is 5.57 Å². The van der Waals surface area contributed by atoms with Crippen LogP contribution in [-0.2, 0) is 6.42 Å². The molecule has 2 heterocycles. The Bertz CT molecular complexity index is 757. The molecule has 1 aliphatic rings. The van der Waals surface area contributed by atoms with E-state index in [0.717, 1.165) is 31.1 Å². The minimum Gasteiger partial charge on any atom is -0.299 e. The van der Waals surface area contributed by atoms with Gasteiger partial charge in [0.25, 0.3) is 0 Å². The zero-order chi connectivity index (χ0) is 17.1. The summed E-state index contributed by atoms with van der Waals surface area (Å²) in [7, 11) is 0. The van der Waals surface area contributed by atoms with Gasteiger partial charge in [-0.2, -0.15) is 0 Å². The molecular weight excluding hydrogens is 313 g/mol. The third-order valence-electron chi connectivity index (χ3n) is 4.45. The van der Waals surface area contributed by atoms with E-state index in [1.165, 1.54) is 12.5 Å². The molecule has 1 aromatic heterocycles. The quantitative estimate of drug-likeness (QED) is 0.782. The van der Waals surface area contributed by atoms with Crippen molar-refractivity contribution in [3.8, 4) is 0 Å². The Labute approximate surface area is 139 Å². The predicted molar refractivity (Wildman–Crippen MR) is 88.0 cm³/mol. The SMILES string of the molecule is Cc1c(F)c(F)cc(C2=CCN(CCc3cccnc3)CC2)c1F. The number of aromatic nitrogens is 1. The summed E-state index contributed by atoms with van der Waals surface area (Å²) in [6.45, 7) is 3.59. The number of halogens is 3. The molecule has 0 saturated heterocycles. The monoisotopic (exact) mass is 332 g/mol. The lowest BCUT2D eigenvalue weighted by atomic mass is 9.96. The summed E-state index contributed by atoms with van der Waals surface area (Å²) in [6, 6.07) is 4.92. The van der Waals surface area contributed by atoms with E-state index in [-0.39, 0.29) is 11.1 Å². The lowest BCUT2D eigenvalue weighted by Crippen LogP contribution is -2.30. The van der Waals surface area contributed by atoms with E-state index in [2.05, 4.69) is 9.88 Å². The van der Waals surface area contributed by atoms with Gasteiger partial charge in [-0.05, 0) is 43.0 Å². The van der Waals surface area contributed by atoms with Crippen LogP contribution in [0, 0.1) is 24.4 Å². The lowest BCUT2D eigenvalue weighted by molar-refractivity contribution is 0.305. The molecule has 126 valence electrons. The van der Waals surface area contributed by atoms with Crippen molar-refractivity contribution in [1.82, 2.24) is 9.88 Å². The smallest absolute Gasteiger partial charge is 0.164 e. The van der Waals surface area contributed by atoms with Crippen LogP contribution in [0.15, 0.2) is 36.7 Å². The maximum absolute atomic E-state index is 14.2. The van der Waals surface area contributed by atoms with Crippen molar-refractivity contribution in [2.45, 2.75) is 19.8 Å². The molecule has 5 heteroatoms. The minimum atomic E-state index is -1.11. The Hall–Kier alpha value is -2.14. The summed E-state index contributed by atoms with van der Waals surface area (Å²) >= 11 is 0. The van der Waals surface area contributed by atoms with Gasteiger partial charge in [0.15, 0.2) is 11.6 Å². The normalized spacial score (nSPS) is 15.4. The zero-order valence-corrected chi connectivity index (χ0v) is 13.5. The third kappa shape index (κ3) is 3.51. The Morgan fingerprint density at radius 2 is 2.04 bits per heavy atom. The molecule has 0 bridgehead atoms. The number of hydrogen-bond acceptors (Lipinski definition) is 2. The highest BCUT2D eigenvalue weighted by atomic mass is 19.2. The highest BCUT2D eigenvalue weighted by molar-refractivity contribution is 5.68. The van der Waals surface area contributed by atoms with Gasteiger partial charge in [0.2, 0.25) is 0 Å². The number of pyridine rings is 1. The van der Waals surface area contributed by atoms with Gasteiger partial charge in [-0.1, -0.05) is 12.1 Å². The van der Waals surface area contributed by atoms with Crippen molar-refractivity contribution in [1.29, 1.82) is 0 Å². The fourth-order valence-electron chi connectivity index (χ4n) is 2.96. The first-order valence-electron chi connectivity index (χ1n) is 8.01. The molecular formula is C19H19F3N2. The summed E-state index contributed by atoms with van der Waals surface area (Å²) in [5, 5.41) is 0. The second-order valence-electron chi connectivity index (χ2n) is 6.05. The Morgan fingerprint density at radius 3 is 2.71 bits per heavy atom.